The van der Waals surface area contributed by atoms with Crippen LogP contribution in [-0.4, -0.2) is 51.4 Å². The average molecular weight is 289 g/mol. The number of amides is 2. The van der Waals surface area contributed by atoms with E-state index in [2.05, 4.69) is 10.3 Å². The summed E-state index contributed by atoms with van der Waals surface area (Å²) in [4.78, 5) is 40.5. The lowest BCUT2D eigenvalue weighted by Gasteiger charge is -2.16. The lowest BCUT2D eigenvalue weighted by molar-refractivity contribution is -0.128. The van der Waals surface area contributed by atoms with E-state index in [0.717, 1.165) is 12.8 Å². The highest BCUT2D eigenvalue weighted by Gasteiger charge is 2.39. The molecule has 1 aliphatic heterocycles. The monoisotopic (exact) mass is 289 g/mol. The lowest BCUT2D eigenvalue weighted by Crippen LogP contribution is -2.38. The number of pyridine rings is 1. The van der Waals surface area contributed by atoms with Crippen molar-refractivity contribution in [1.82, 2.24) is 15.2 Å². The molecule has 0 spiro atoms. The van der Waals surface area contributed by atoms with Crippen molar-refractivity contribution in [2.45, 2.75) is 31.3 Å². The fourth-order valence-corrected chi connectivity index (χ4v) is 2.51. The van der Waals surface area contributed by atoms with E-state index in [1.807, 2.05) is 4.90 Å². The van der Waals surface area contributed by atoms with Gasteiger partial charge in [0.2, 0.25) is 5.91 Å². The van der Waals surface area contributed by atoms with E-state index in [4.69, 9.17) is 5.11 Å². The Morgan fingerprint density at radius 2 is 2.14 bits per heavy atom. The molecule has 2 amide bonds. The van der Waals surface area contributed by atoms with Gasteiger partial charge in [0.25, 0.3) is 5.91 Å². The van der Waals surface area contributed by atoms with Gasteiger partial charge in [0, 0.05) is 25.2 Å². The number of likely N-dealkylation sites (tertiary alicyclic amines) is 1. The fourth-order valence-electron chi connectivity index (χ4n) is 2.51. The molecule has 1 aromatic heterocycles. The summed E-state index contributed by atoms with van der Waals surface area (Å²) < 4.78 is 0. The maximum Gasteiger partial charge on any atom is 0.335 e. The number of carboxylic acid groups (broad SMARTS) is 1. The molecule has 0 radical (unpaired) electrons. The Labute approximate surface area is 121 Å². The van der Waals surface area contributed by atoms with Crippen LogP contribution in [0.1, 0.15) is 40.1 Å². The Morgan fingerprint density at radius 1 is 1.38 bits per heavy atom. The first-order valence-corrected chi connectivity index (χ1v) is 6.84. The van der Waals surface area contributed by atoms with E-state index >= 15 is 0 Å². The summed E-state index contributed by atoms with van der Waals surface area (Å²) in [6, 6.07) is 2.66. The molecule has 3 rings (SSSR count). The van der Waals surface area contributed by atoms with Crippen LogP contribution in [0.4, 0.5) is 0 Å². The molecule has 1 saturated heterocycles. The summed E-state index contributed by atoms with van der Waals surface area (Å²) in [7, 11) is 0. The van der Waals surface area contributed by atoms with E-state index in [0.29, 0.717) is 19.0 Å². The summed E-state index contributed by atoms with van der Waals surface area (Å²) in [6.07, 6.45) is 3.65. The molecule has 0 bridgehead atoms. The molecule has 1 unspecified atom stereocenters. The van der Waals surface area contributed by atoms with Crippen molar-refractivity contribution in [3.05, 3.63) is 29.6 Å². The molecule has 1 aromatic rings. The average Bonchev–Trinajstić information content (AvgIpc) is 3.23. The molecule has 1 atom stereocenters. The number of hydrogen-bond donors (Lipinski definition) is 2. The second-order valence-electron chi connectivity index (χ2n) is 5.39. The normalized spacial score (nSPS) is 21.4. The summed E-state index contributed by atoms with van der Waals surface area (Å²) in [5, 5.41) is 11.6. The minimum Gasteiger partial charge on any atom is -0.478 e. The van der Waals surface area contributed by atoms with Crippen LogP contribution < -0.4 is 5.32 Å². The smallest absolute Gasteiger partial charge is 0.335 e. The van der Waals surface area contributed by atoms with E-state index in [9.17, 15) is 14.4 Å². The molecule has 7 heteroatoms. The van der Waals surface area contributed by atoms with E-state index < -0.39 is 11.9 Å². The minimum atomic E-state index is -1.11. The number of aromatic nitrogens is 1. The summed E-state index contributed by atoms with van der Waals surface area (Å²) in [5.41, 5.74) is 0.0597. The third-order valence-corrected chi connectivity index (χ3v) is 3.72. The quantitative estimate of drug-likeness (QED) is 0.829. The van der Waals surface area contributed by atoms with Crippen molar-refractivity contribution in [2.24, 2.45) is 0 Å². The van der Waals surface area contributed by atoms with Gasteiger partial charge in [-0.15, -0.1) is 0 Å². The van der Waals surface area contributed by atoms with Gasteiger partial charge >= 0.3 is 5.97 Å². The first-order valence-electron chi connectivity index (χ1n) is 6.84. The lowest BCUT2D eigenvalue weighted by atomic mass is 10.2. The maximum absolute atomic E-state index is 12.1. The molecule has 7 nitrogen and oxygen atoms in total. The second kappa shape index (κ2) is 5.16. The molecule has 2 heterocycles. The molecular weight excluding hydrogens is 274 g/mol. The fraction of sp³-hybridized carbons (Fsp3) is 0.429. The molecule has 21 heavy (non-hydrogen) atoms. The van der Waals surface area contributed by atoms with Crippen molar-refractivity contribution in [3.8, 4) is 0 Å². The van der Waals surface area contributed by atoms with Crippen LogP contribution in [0.3, 0.4) is 0 Å². The number of carboxylic acids is 1. The number of carbonyl (C=O) groups is 3. The second-order valence-corrected chi connectivity index (χ2v) is 5.39. The van der Waals surface area contributed by atoms with Crippen LogP contribution in [0, 0.1) is 0 Å². The van der Waals surface area contributed by atoms with Crippen LogP contribution in [0.25, 0.3) is 0 Å². The minimum absolute atomic E-state index is 0.0113. The number of nitrogens with zero attached hydrogens (tertiary/aromatic N) is 2. The van der Waals surface area contributed by atoms with Crippen LogP contribution in [0.2, 0.25) is 0 Å². The summed E-state index contributed by atoms with van der Waals surface area (Å²) in [5.74, 6) is -1.49. The highest BCUT2D eigenvalue weighted by atomic mass is 16.4. The summed E-state index contributed by atoms with van der Waals surface area (Å²) >= 11 is 0. The van der Waals surface area contributed by atoms with E-state index in [1.54, 1.807) is 0 Å². The third kappa shape index (κ3) is 2.86. The van der Waals surface area contributed by atoms with Crippen LogP contribution in [0.5, 0.6) is 0 Å². The van der Waals surface area contributed by atoms with Crippen molar-refractivity contribution in [3.63, 3.8) is 0 Å². The van der Waals surface area contributed by atoms with E-state index in [1.165, 1.54) is 18.3 Å². The largest absolute Gasteiger partial charge is 0.478 e. The number of carbonyl (C=O) groups excluding carboxylic acids is 2. The zero-order valence-corrected chi connectivity index (χ0v) is 11.3. The maximum atomic E-state index is 12.1. The molecule has 1 aliphatic carbocycles. The molecule has 2 fully saturated rings. The highest BCUT2D eigenvalue weighted by Crippen LogP contribution is 2.30. The van der Waals surface area contributed by atoms with Gasteiger partial charge < -0.3 is 15.3 Å². The van der Waals surface area contributed by atoms with Gasteiger partial charge in [0.05, 0.1) is 11.6 Å². The molecule has 0 aromatic carbocycles. The Kier molecular flexibility index (Phi) is 3.32. The first-order chi connectivity index (χ1) is 10.0. The third-order valence-electron chi connectivity index (χ3n) is 3.72. The Morgan fingerprint density at radius 3 is 2.81 bits per heavy atom. The van der Waals surface area contributed by atoms with E-state index in [-0.39, 0.29) is 23.2 Å². The topological polar surface area (TPSA) is 99.6 Å². The summed E-state index contributed by atoms with van der Waals surface area (Å²) in [6.45, 7) is 0.522. The predicted molar refractivity (Wildman–Crippen MR) is 71.8 cm³/mol. The SMILES string of the molecule is O=C(O)c1ccnc(C(=O)NC2CC(=O)N(C3CC3)C2)c1. The molecule has 2 aliphatic rings. The Bertz CT molecular complexity index is 612. The molecular formula is C14H15N3O4. The van der Waals surface area contributed by atoms with Crippen molar-refractivity contribution < 1.29 is 19.5 Å². The van der Waals surface area contributed by atoms with Crippen LogP contribution in [0.15, 0.2) is 18.3 Å². The van der Waals surface area contributed by atoms with Gasteiger partial charge in [-0.2, -0.15) is 0 Å². The standard InChI is InChI=1S/C14H15N3O4/c18-12-6-9(7-17(12)10-1-2-10)16-13(19)11-5-8(14(20)21)3-4-15-11/h3-5,9-10H,1-2,6-7H2,(H,16,19)(H,20,21). The van der Waals surface area contributed by atoms with Gasteiger partial charge in [-0.05, 0) is 25.0 Å². The first kappa shape index (κ1) is 13.5. The van der Waals surface area contributed by atoms with Gasteiger partial charge in [-0.25, -0.2) is 4.79 Å². The Hall–Kier alpha value is -2.44. The van der Waals surface area contributed by atoms with Gasteiger partial charge in [-0.3, -0.25) is 14.6 Å². The predicted octanol–water partition coefficient (Wildman–Crippen LogP) is 0.273. The highest BCUT2D eigenvalue weighted by molar-refractivity contribution is 5.96. The van der Waals surface area contributed by atoms with Crippen LogP contribution >= 0.6 is 0 Å². The van der Waals surface area contributed by atoms with Crippen molar-refractivity contribution in [1.29, 1.82) is 0 Å². The molecule has 1 saturated carbocycles. The number of rotatable bonds is 4. The van der Waals surface area contributed by atoms with Crippen molar-refractivity contribution >= 4 is 17.8 Å². The Balaban J connectivity index is 1.65. The molecule has 2 N–H and O–H groups in total. The van der Waals surface area contributed by atoms with Gasteiger partial charge in [-0.1, -0.05) is 0 Å². The molecule has 110 valence electrons. The van der Waals surface area contributed by atoms with Crippen LogP contribution in [-0.2, 0) is 4.79 Å². The zero-order valence-electron chi connectivity index (χ0n) is 11.3. The number of hydrogen-bond acceptors (Lipinski definition) is 4. The van der Waals surface area contributed by atoms with Gasteiger partial charge in [0.1, 0.15) is 5.69 Å². The zero-order chi connectivity index (χ0) is 15.0. The van der Waals surface area contributed by atoms with Crippen molar-refractivity contribution in [2.75, 3.05) is 6.54 Å². The van der Waals surface area contributed by atoms with Gasteiger partial charge in [0.15, 0.2) is 0 Å². The number of aromatic carboxylic acids is 1. The number of nitrogens with one attached hydrogen (secondary N) is 1.